The fraction of sp³-hybridized carbons (Fsp3) is 0.917. The van der Waals surface area contributed by atoms with Crippen molar-refractivity contribution in [2.24, 2.45) is 5.92 Å². The maximum Gasteiger partial charge on any atom is 0.410 e. The lowest BCUT2D eigenvalue weighted by Crippen LogP contribution is -2.43. The van der Waals surface area contributed by atoms with Crippen LogP contribution in [0.25, 0.3) is 0 Å². The summed E-state index contributed by atoms with van der Waals surface area (Å²) in [7, 11) is -3.42. The third kappa shape index (κ3) is 6.77. The Balaban J connectivity index is 2.48. The van der Waals surface area contributed by atoms with Gasteiger partial charge in [-0.1, -0.05) is 0 Å². The highest BCUT2D eigenvalue weighted by atomic mass is 32.2. The number of carbonyl (C=O) groups is 1. The second-order valence-electron chi connectivity index (χ2n) is 5.92. The van der Waals surface area contributed by atoms with Crippen molar-refractivity contribution in [3.05, 3.63) is 0 Å². The third-order valence-corrected chi connectivity index (χ3v) is 3.25. The molecule has 0 aromatic heterocycles. The molecular weight excluding hydrogens is 270 g/mol. The van der Waals surface area contributed by atoms with Gasteiger partial charge in [-0.2, -0.15) is 8.42 Å². The highest BCUT2D eigenvalue weighted by molar-refractivity contribution is 7.85. The summed E-state index contributed by atoms with van der Waals surface area (Å²) < 4.78 is 32.0. The van der Waals surface area contributed by atoms with Gasteiger partial charge in [0.05, 0.1) is 12.9 Å². The predicted molar refractivity (Wildman–Crippen MR) is 71.3 cm³/mol. The first-order valence-electron chi connectivity index (χ1n) is 6.39. The van der Waals surface area contributed by atoms with E-state index in [9.17, 15) is 13.2 Å². The van der Waals surface area contributed by atoms with Crippen LogP contribution in [-0.4, -0.2) is 51.0 Å². The molecule has 0 radical (unpaired) electrons. The van der Waals surface area contributed by atoms with E-state index in [1.165, 1.54) is 0 Å². The van der Waals surface area contributed by atoms with Gasteiger partial charge < -0.3 is 9.64 Å². The van der Waals surface area contributed by atoms with Crippen LogP contribution >= 0.6 is 0 Å². The molecular formula is C12H23NO5S. The molecule has 0 aromatic rings. The van der Waals surface area contributed by atoms with Crippen molar-refractivity contribution in [1.82, 2.24) is 4.90 Å². The molecule has 1 amide bonds. The molecule has 19 heavy (non-hydrogen) atoms. The summed E-state index contributed by atoms with van der Waals surface area (Å²) in [5, 5.41) is 0. The van der Waals surface area contributed by atoms with E-state index >= 15 is 0 Å². The van der Waals surface area contributed by atoms with Gasteiger partial charge in [-0.05, 0) is 33.6 Å². The summed E-state index contributed by atoms with van der Waals surface area (Å²) in [6.07, 6.45) is 2.37. The predicted octanol–water partition coefficient (Wildman–Crippen LogP) is 1.61. The summed E-state index contributed by atoms with van der Waals surface area (Å²) in [5.74, 6) is 0.0380. The molecule has 6 nitrogen and oxygen atoms in total. The first kappa shape index (κ1) is 16.2. The molecule has 1 heterocycles. The van der Waals surface area contributed by atoms with E-state index in [0.717, 1.165) is 19.1 Å². The maximum atomic E-state index is 11.9. The highest BCUT2D eigenvalue weighted by Crippen LogP contribution is 2.20. The summed E-state index contributed by atoms with van der Waals surface area (Å²) in [4.78, 5) is 13.5. The van der Waals surface area contributed by atoms with Crippen LogP contribution in [0.4, 0.5) is 4.79 Å². The third-order valence-electron chi connectivity index (χ3n) is 2.69. The molecule has 0 N–H and O–H groups in total. The summed E-state index contributed by atoms with van der Waals surface area (Å²) in [5.41, 5.74) is -0.521. The van der Waals surface area contributed by atoms with Gasteiger partial charge in [-0.3, -0.25) is 4.18 Å². The van der Waals surface area contributed by atoms with Crippen molar-refractivity contribution in [2.75, 3.05) is 26.0 Å². The Hall–Kier alpha value is -0.820. The second-order valence-corrected chi connectivity index (χ2v) is 7.57. The lowest BCUT2D eigenvalue weighted by molar-refractivity contribution is 0.0142. The van der Waals surface area contributed by atoms with Crippen LogP contribution in [0.5, 0.6) is 0 Å². The smallest absolute Gasteiger partial charge is 0.410 e. The van der Waals surface area contributed by atoms with E-state index in [1.807, 2.05) is 20.8 Å². The Kier molecular flexibility index (Phi) is 5.20. The maximum absolute atomic E-state index is 11.9. The zero-order valence-electron chi connectivity index (χ0n) is 12.0. The van der Waals surface area contributed by atoms with Crippen LogP contribution in [-0.2, 0) is 19.0 Å². The number of amides is 1. The molecule has 1 aliphatic rings. The molecule has 0 bridgehead atoms. The number of rotatable bonds is 3. The zero-order chi connectivity index (χ0) is 14.7. The van der Waals surface area contributed by atoms with Crippen molar-refractivity contribution in [3.8, 4) is 0 Å². The quantitative estimate of drug-likeness (QED) is 0.739. The van der Waals surface area contributed by atoms with Crippen LogP contribution in [0, 0.1) is 5.92 Å². The fourth-order valence-corrected chi connectivity index (χ4v) is 2.35. The van der Waals surface area contributed by atoms with Crippen molar-refractivity contribution >= 4 is 16.2 Å². The molecule has 0 spiro atoms. The summed E-state index contributed by atoms with van der Waals surface area (Å²) in [6.45, 7) is 6.70. The largest absolute Gasteiger partial charge is 0.444 e. The standard InChI is InChI=1S/C12H23NO5S/c1-12(2,3)18-11(14)13-7-5-6-10(8-13)9-17-19(4,15)16/h10H,5-9H2,1-4H3/t10-/m0/s1. The Morgan fingerprint density at radius 2 is 2.00 bits per heavy atom. The van der Waals surface area contributed by atoms with Gasteiger partial charge in [0.25, 0.3) is 10.1 Å². The number of piperidine rings is 1. The molecule has 0 aliphatic carbocycles. The van der Waals surface area contributed by atoms with Gasteiger partial charge in [0.15, 0.2) is 0 Å². The molecule has 0 aromatic carbocycles. The summed E-state index contributed by atoms with van der Waals surface area (Å²) >= 11 is 0. The van der Waals surface area contributed by atoms with Crippen molar-refractivity contribution < 1.29 is 22.1 Å². The Morgan fingerprint density at radius 1 is 1.37 bits per heavy atom. The fourth-order valence-electron chi connectivity index (χ4n) is 1.91. The summed E-state index contributed by atoms with van der Waals surface area (Å²) in [6, 6.07) is 0. The van der Waals surface area contributed by atoms with E-state index in [0.29, 0.717) is 13.1 Å². The second kappa shape index (κ2) is 6.09. The normalized spacial score (nSPS) is 21.3. The van der Waals surface area contributed by atoms with Gasteiger partial charge in [0.1, 0.15) is 5.60 Å². The molecule has 0 unspecified atom stereocenters. The molecule has 1 atom stereocenters. The average molecular weight is 293 g/mol. The lowest BCUT2D eigenvalue weighted by atomic mass is 9.99. The SMILES string of the molecule is CC(C)(C)OC(=O)N1CCC[C@H](COS(C)(=O)=O)C1. The van der Waals surface area contributed by atoms with E-state index in [4.69, 9.17) is 8.92 Å². The molecule has 1 rings (SSSR count). The Bertz CT molecular complexity index is 412. The topological polar surface area (TPSA) is 72.9 Å². The van der Waals surface area contributed by atoms with Crippen molar-refractivity contribution in [2.45, 2.75) is 39.2 Å². The van der Waals surface area contributed by atoms with Crippen LogP contribution < -0.4 is 0 Å². The van der Waals surface area contributed by atoms with Gasteiger partial charge >= 0.3 is 6.09 Å². The number of nitrogens with zero attached hydrogens (tertiary/aromatic N) is 1. The molecule has 1 fully saturated rings. The van der Waals surface area contributed by atoms with Crippen molar-refractivity contribution in [1.29, 1.82) is 0 Å². The van der Waals surface area contributed by atoms with E-state index in [2.05, 4.69) is 0 Å². The van der Waals surface area contributed by atoms with E-state index in [1.54, 1.807) is 4.90 Å². The number of ether oxygens (including phenoxy) is 1. The average Bonchev–Trinajstić information content (AvgIpc) is 2.23. The van der Waals surface area contributed by atoms with Crippen molar-refractivity contribution in [3.63, 3.8) is 0 Å². The van der Waals surface area contributed by atoms with Crippen LogP contribution in [0.15, 0.2) is 0 Å². The van der Waals surface area contributed by atoms with Gasteiger partial charge in [0.2, 0.25) is 0 Å². The minimum absolute atomic E-state index is 0.0380. The van der Waals surface area contributed by atoms with Crippen LogP contribution in [0.1, 0.15) is 33.6 Å². The molecule has 112 valence electrons. The number of hydrogen-bond acceptors (Lipinski definition) is 5. The minimum atomic E-state index is -3.42. The number of hydrogen-bond donors (Lipinski definition) is 0. The van der Waals surface area contributed by atoms with Gasteiger partial charge in [-0.15, -0.1) is 0 Å². The van der Waals surface area contributed by atoms with Gasteiger partial charge in [0, 0.05) is 19.0 Å². The lowest BCUT2D eigenvalue weighted by Gasteiger charge is -2.33. The van der Waals surface area contributed by atoms with E-state index < -0.39 is 15.7 Å². The molecule has 1 saturated heterocycles. The highest BCUT2D eigenvalue weighted by Gasteiger charge is 2.28. The first-order chi connectivity index (χ1) is 8.57. The molecule has 1 aliphatic heterocycles. The van der Waals surface area contributed by atoms with Crippen LogP contribution in [0.3, 0.4) is 0 Å². The first-order valence-corrected chi connectivity index (χ1v) is 8.21. The van der Waals surface area contributed by atoms with E-state index in [-0.39, 0.29) is 18.6 Å². The molecule has 0 saturated carbocycles. The van der Waals surface area contributed by atoms with Crippen LogP contribution in [0.2, 0.25) is 0 Å². The number of likely N-dealkylation sites (tertiary alicyclic amines) is 1. The Morgan fingerprint density at radius 3 is 2.53 bits per heavy atom. The zero-order valence-corrected chi connectivity index (χ0v) is 12.8. The minimum Gasteiger partial charge on any atom is -0.444 e. The number of carbonyl (C=O) groups excluding carboxylic acids is 1. The Labute approximate surface area is 115 Å². The van der Waals surface area contributed by atoms with Gasteiger partial charge in [-0.25, -0.2) is 4.79 Å². The molecule has 7 heteroatoms. The monoisotopic (exact) mass is 293 g/mol.